The molecule has 0 spiro atoms. The maximum atomic E-state index is 12.1. The SMILES string of the molecule is NC(=S)c1ccc(OC(=O)CCCCCCCCCCC[PH](c2ccccc2)(c2ccccc2)c2ccccc2)cc1. The smallest absolute Gasteiger partial charge is 0.0185 e. The van der Waals surface area contributed by atoms with E-state index in [9.17, 15) is 4.79 Å². The van der Waals surface area contributed by atoms with Gasteiger partial charge in [0.2, 0.25) is 0 Å². The molecule has 0 atom stereocenters. The van der Waals surface area contributed by atoms with Gasteiger partial charge in [-0.3, -0.25) is 4.79 Å². The predicted molar refractivity (Wildman–Crippen MR) is 186 cm³/mol. The van der Waals surface area contributed by atoms with E-state index in [1.54, 1.807) is 24.3 Å². The fourth-order valence-electron chi connectivity index (χ4n) is 5.87. The standard InChI is InChI=1S/C37H44NO2PS/c38-37(42)31-26-28-32(29-27-31)40-36(39)25-17-6-4-2-1-3-5-7-18-30-41(33-19-11-8-12-20-33,34-21-13-9-14-22-34)35-23-15-10-16-24-35/h8-16,19-24,26-29,41H,1-7,17-18,25,30H2,(H2,38,42). The molecule has 0 unspecified atom stereocenters. The Morgan fingerprint density at radius 3 is 1.40 bits per heavy atom. The van der Waals surface area contributed by atoms with Gasteiger partial charge in [0.15, 0.2) is 0 Å². The third-order valence-electron chi connectivity index (χ3n) is 8.10. The molecule has 220 valence electrons. The monoisotopic (exact) mass is 597 g/mol. The van der Waals surface area contributed by atoms with E-state index in [0.29, 0.717) is 17.2 Å². The minimum absolute atomic E-state index is 0.181. The maximum absolute atomic E-state index is 12.1. The molecule has 3 nitrogen and oxygen atoms in total. The Labute approximate surface area is 257 Å². The van der Waals surface area contributed by atoms with Gasteiger partial charge in [-0.1, -0.05) is 12.2 Å². The van der Waals surface area contributed by atoms with Crippen molar-refractivity contribution in [1.29, 1.82) is 0 Å². The molecule has 0 saturated heterocycles. The van der Waals surface area contributed by atoms with E-state index in [1.165, 1.54) is 67.0 Å². The van der Waals surface area contributed by atoms with Crippen molar-refractivity contribution in [2.24, 2.45) is 5.73 Å². The Kier molecular flexibility index (Phi) is 12.8. The van der Waals surface area contributed by atoms with E-state index >= 15 is 0 Å². The largest absolute Gasteiger partial charge is 0.0483 e. The molecule has 0 heterocycles. The van der Waals surface area contributed by atoms with Gasteiger partial charge in [-0.25, -0.2) is 0 Å². The molecule has 5 heteroatoms. The Bertz CT molecular complexity index is 1260. The zero-order valence-electron chi connectivity index (χ0n) is 24.5. The van der Waals surface area contributed by atoms with Crippen molar-refractivity contribution in [3.63, 3.8) is 0 Å². The van der Waals surface area contributed by atoms with E-state index in [2.05, 4.69) is 91.0 Å². The number of ether oxygens (including phenoxy) is 1. The molecule has 4 aromatic carbocycles. The summed E-state index contributed by atoms with van der Waals surface area (Å²) in [4.78, 5) is 12.5. The van der Waals surface area contributed by atoms with Gasteiger partial charge in [-0.2, -0.15) is 0 Å². The molecule has 0 radical (unpaired) electrons. The van der Waals surface area contributed by atoms with Crippen LogP contribution < -0.4 is 26.4 Å². The summed E-state index contributed by atoms with van der Waals surface area (Å²) < 4.78 is 5.42. The summed E-state index contributed by atoms with van der Waals surface area (Å²) in [5.74, 6) is 0.357. The minimum Gasteiger partial charge on any atom is -0.0483 e. The van der Waals surface area contributed by atoms with Gasteiger partial charge in [0.25, 0.3) is 0 Å². The summed E-state index contributed by atoms with van der Waals surface area (Å²) in [6.07, 6.45) is 12.3. The van der Waals surface area contributed by atoms with Crippen LogP contribution in [0.3, 0.4) is 0 Å². The number of rotatable bonds is 17. The molecular weight excluding hydrogens is 553 g/mol. The van der Waals surface area contributed by atoms with Crippen molar-refractivity contribution in [3.8, 4) is 5.75 Å². The topological polar surface area (TPSA) is 52.3 Å². The van der Waals surface area contributed by atoms with Crippen LogP contribution >= 0.6 is 19.5 Å². The molecule has 0 fully saturated rings. The summed E-state index contributed by atoms with van der Waals surface area (Å²) in [6, 6.07) is 40.7. The molecule has 42 heavy (non-hydrogen) atoms. The van der Waals surface area contributed by atoms with Crippen LogP contribution in [0.25, 0.3) is 0 Å². The number of carbonyl (C=O) groups excluding carboxylic acids is 1. The van der Waals surface area contributed by atoms with Crippen LogP contribution in [-0.2, 0) is 4.79 Å². The fraction of sp³-hybridized carbons (Fsp3) is 0.297. The Morgan fingerprint density at radius 2 is 0.976 bits per heavy atom. The van der Waals surface area contributed by atoms with Crippen LogP contribution in [0.4, 0.5) is 0 Å². The van der Waals surface area contributed by atoms with Gasteiger partial charge >= 0.3 is 191 Å². The minimum atomic E-state index is -2.10. The second-order valence-corrected chi connectivity index (χ2v) is 15.5. The first-order valence-corrected chi connectivity index (χ1v) is 18.0. The van der Waals surface area contributed by atoms with Crippen LogP contribution in [0.5, 0.6) is 5.75 Å². The predicted octanol–water partition coefficient (Wildman–Crippen LogP) is 7.85. The van der Waals surface area contributed by atoms with E-state index in [0.717, 1.165) is 18.4 Å². The van der Waals surface area contributed by atoms with Gasteiger partial charge < -0.3 is 10.5 Å². The van der Waals surface area contributed by atoms with Crippen molar-refractivity contribution in [2.45, 2.75) is 64.2 Å². The normalized spacial score (nSPS) is 11.6. The molecule has 2 N–H and O–H groups in total. The third kappa shape index (κ3) is 9.08. The van der Waals surface area contributed by atoms with Crippen molar-refractivity contribution in [3.05, 3.63) is 121 Å². The van der Waals surface area contributed by atoms with Crippen molar-refractivity contribution in [1.82, 2.24) is 0 Å². The van der Waals surface area contributed by atoms with Crippen LogP contribution in [-0.4, -0.2) is 17.1 Å². The fourth-order valence-corrected chi connectivity index (χ4v) is 10.9. The first-order chi connectivity index (χ1) is 20.6. The number of hydrogen-bond donors (Lipinski definition) is 1. The van der Waals surface area contributed by atoms with Crippen LogP contribution in [0.2, 0.25) is 0 Å². The van der Waals surface area contributed by atoms with Crippen LogP contribution in [0, 0.1) is 0 Å². The second-order valence-electron chi connectivity index (χ2n) is 11.0. The molecule has 0 aliphatic rings. The van der Waals surface area contributed by atoms with E-state index in [4.69, 9.17) is 22.7 Å². The maximum Gasteiger partial charge on any atom is -0.0185 e. The van der Waals surface area contributed by atoms with Crippen molar-refractivity contribution >= 4 is 46.4 Å². The summed E-state index contributed by atoms with van der Waals surface area (Å²) >= 11 is 4.96. The van der Waals surface area contributed by atoms with Crippen LogP contribution in [0.15, 0.2) is 115 Å². The number of hydrogen-bond acceptors (Lipinski definition) is 3. The first kappa shape index (κ1) is 31.6. The molecule has 0 bridgehead atoms. The summed E-state index contributed by atoms with van der Waals surface area (Å²) in [6.45, 7) is 0. The van der Waals surface area contributed by atoms with Gasteiger partial charge in [0, 0.05) is 5.56 Å². The summed E-state index contributed by atoms with van der Waals surface area (Å²) in [7, 11) is -2.10. The number of thiocarbonyl (C=S) groups is 1. The summed E-state index contributed by atoms with van der Waals surface area (Å²) in [5.41, 5.74) is 6.38. The second kappa shape index (κ2) is 16.9. The van der Waals surface area contributed by atoms with Crippen molar-refractivity contribution < 1.29 is 9.53 Å². The number of unbranched alkanes of at least 4 members (excludes halogenated alkanes) is 8. The number of carbonyl (C=O) groups is 1. The molecule has 0 saturated carbocycles. The van der Waals surface area contributed by atoms with E-state index in [-0.39, 0.29) is 5.97 Å². The Hall–Kier alpha value is -3.33. The number of nitrogens with two attached hydrogens (primary N) is 1. The van der Waals surface area contributed by atoms with Gasteiger partial charge in [0.05, 0.1) is 0 Å². The molecule has 0 aliphatic carbocycles. The molecule has 4 aromatic rings. The zero-order chi connectivity index (χ0) is 29.5. The summed E-state index contributed by atoms with van der Waals surface area (Å²) in [5, 5.41) is 4.50. The third-order valence-corrected chi connectivity index (χ3v) is 13.4. The van der Waals surface area contributed by atoms with E-state index in [1.807, 2.05) is 0 Å². The molecule has 4 rings (SSSR count). The number of esters is 1. The zero-order valence-corrected chi connectivity index (χ0v) is 26.4. The van der Waals surface area contributed by atoms with Gasteiger partial charge in [-0.05, 0) is 24.3 Å². The average Bonchev–Trinajstić information content (AvgIpc) is 3.03. The molecular formula is C37H44NO2PS. The van der Waals surface area contributed by atoms with E-state index < -0.39 is 7.26 Å². The molecule has 0 aromatic heterocycles. The Balaban J connectivity index is 1.17. The van der Waals surface area contributed by atoms with Crippen LogP contribution in [0.1, 0.15) is 69.8 Å². The average molecular weight is 598 g/mol. The van der Waals surface area contributed by atoms with Crippen molar-refractivity contribution in [2.75, 3.05) is 6.16 Å². The van der Waals surface area contributed by atoms with Gasteiger partial charge in [0.1, 0.15) is 10.7 Å². The number of benzene rings is 4. The van der Waals surface area contributed by atoms with Gasteiger partial charge in [-0.15, -0.1) is 0 Å². The first-order valence-electron chi connectivity index (χ1n) is 15.4. The Morgan fingerprint density at radius 1 is 0.571 bits per heavy atom. The molecule has 0 aliphatic heterocycles. The quantitative estimate of drug-likeness (QED) is 0.0443. The molecule has 0 amide bonds.